The van der Waals surface area contributed by atoms with E-state index in [0.717, 1.165) is 0 Å². The number of fused-ring (bicyclic) bond motifs is 1. The number of methoxy groups -OCH3 is 1. The van der Waals surface area contributed by atoms with Crippen LogP contribution in [0.5, 0.6) is 5.75 Å². The third-order valence-electron chi connectivity index (χ3n) is 2.14. The minimum atomic E-state index is -0.203. The van der Waals surface area contributed by atoms with Crippen molar-refractivity contribution in [1.82, 2.24) is 0 Å². The van der Waals surface area contributed by atoms with Gasteiger partial charge in [-0.15, -0.1) is 0 Å². The zero-order chi connectivity index (χ0) is 11.5. The van der Waals surface area contributed by atoms with Gasteiger partial charge in [0.15, 0.2) is 16.7 Å². The third-order valence-corrected chi connectivity index (χ3v) is 2.14. The number of carbonyl (C=O) groups excluding carboxylic acids is 1. The van der Waals surface area contributed by atoms with E-state index in [-0.39, 0.29) is 16.7 Å². The first-order valence-electron chi connectivity index (χ1n) is 4.44. The molecular weight excluding hydrogens is 210 g/mol. The molecule has 0 N–H and O–H groups in total. The van der Waals surface area contributed by atoms with Crippen molar-refractivity contribution in [3.05, 3.63) is 34.7 Å². The minimum absolute atomic E-state index is 0.174. The van der Waals surface area contributed by atoms with Crippen molar-refractivity contribution in [3.63, 3.8) is 0 Å². The predicted octanol–water partition coefficient (Wildman–Crippen LogP) is 1.77. The zero-order valence-electron chi connectivity index (χ0n) is 8.39. The number of hydrogen-bond acceptors (Lipinski definition) is 5. The summed E-state index contributed by atoms with van der Waals surface area (Å²) in [5.41, 5.74) is 0.189. The second-order valence-corrected chi connectivity index (χ2v) is 2.98. The molecule has 0 saturated heterocycles. The molecule has 0 fully saturated rings. The molecule has 0 aliphatic carbocycles. The molecule has 0 amide bonds. The topological polar surface area (TPSA) is 68.9 Å². The van der Waals surface area contributed by atoms with Crippen molar-refractivity contribution in [2.24, 2.45) is 4.99 Å². The monoisotopic (exact) mass is 217 g/mol. The number of benzene rings is 1. The standard InChI is InChI=1S/C11H7NO4/c1-15-9-3-2-7-8(14)4-5-16-11(7)10(9)12-6-13/h2-5H,1H3. The Morgan fingerprint density at radius 1 is 1.38 bits per heavy atom. The molecule has 0 unspecified atom stereocenters. The molecule has 5 nitrogen and oxygen atoms in total. The second kappa shape index (κ2) is 4.00. The van der Waals surface area contributed by atoms with Crippen LogP contribution in [0, 0.1) is 0 Å². The average Bonchev–Trinajstić information content (AvgIpc) is 2.30. The van der Waals surface area contributed by atoms with Crippen LogP contribution in [0.25, 0.3) is 11.0 Å². The van der Waals surface area contributed by atoms with Gasteiger partial charge in [-0.2, -0.15) is 4.99 Å². The molecule has 0 bridgehead atoms. The SMILES string of the molecule is COc1ccc2c(=O)ccoc2c1N=C=O. The van der Waals surface area contributed by atoms with Gasteiger partial charge in [-0.1, -0.05) is 0 Å². The largest absolute Gasteiger partial charge is 0.494 e. The molecule has 16 heavy (non-hydrogen) atoms. The molecule has 1 heterocycles. The van der Waals surface area contributed by atoms with Crippen molar-refractivity contribution < 1.29 is 13.9 Å². The van der Waals surface area contributed by atoms with Gasteiger partial charge in [0.05, 0.1) is 18.8 Å². The van der Waals surface area contributed by atoms with Crippen LogP contribution in [0.1, 0.15) is 0 Å². The van der Waals surface area contributed by atoms with Gasteiger partial charge in [0.25, 0.3) is 0 Å². The van der Waals surface area contributed by atoms with Gasteiger partial charge < -0.3 is 9.15 Å². The molecule has 1 aromatic carbocycles. The predicted molar refractivity (Wildman–Crippen MR) is 56.8 cm³/mol. The second-order valence-electron chi connectivity index (χ2n) is 2.98. The van der Waals surface area contributed by atoms with Gasteiger partial charge in [0, 0.05) is 6.07 Å². The number of ether oxygens (including phenoxy) is 1. The normalized spacial score (nSPS) is 9.81. The van der Waals surface area contributed by atoms with Crippen molar-refractivity contribution >= 4 is 22.7 Å². The molecule has 2 rings (SSSR count). The Labute approximate surface area is 90.0 Å². The molecule has 0 spiro atoms. The lowest BCUT2D eigenvalue weighted by Crippen LogP contribution is -1.98. The number of rotatable bonds is 2. The summed E-state index contributed by atoms with van der Waals surface area (Å²) in [4.78, 5) is 25.3. The first kappa shape index (κ1) is 10.1. The molecule has 1 aromatic heterocycles. The lowest BCUT2D eigenvalue weighted by molar-refractivity contribution is 0.415. The van der Waals surface area contributed by atoms with Crippen LogP contribution in [0.15, 0.2) is 38.7 Å². The molecule has 5 heteroatoms. The summed E-state index contributed by atoms with van der Waals surface area (Å²) in [7, 11) is 1.44. The van der Waals surface area contributed by atoms with E-state index in [1.807, 2.05) is 0 Å². The Kier molecular flexibility index (Phi) is 2.54. The highest BCUT2D eigenvalue weighted by Crippen LogP contribution is 2.33. The van der Waals surface area contributed by atoms with Gasteiger partial charge in [-0.25, -0.2) is 4.79 Å². The van der Waals surface area contributed by atoms with E-state index in [2.05, 4.69) is 4.99 Å². The average molecular weight is 217 g/mol. The summed E-state index contributed by atoms with van der Waals surface area (Å²) in [6.45, 7) is 0. The van der Waals surface area contributed by atoms with Crippen LogP contribution in [0.4, 0.5) is 5.69 Å². The highest BCUT2D eigenvalue weighted by Gasteiger charge is 2.11. The molecular formula is C11H7NO4. The van der Waals surface area contributed by atoms with E-state index in [1.165, 1.54) is 25.5 Å². The highest BCUT2D eigenvalue weighted by atomic mass is 16.5. The smallest absolute Gasteiger partial charge is 0.240 e. The van der Waals surface area contributed by atoms with Gasteiger partial charge in [-0.05, 0) is 12.1 Å². The Morgan fingerprint density at radius 3 is 2.88 bits per heavy atom. The number of isocyanates is 1. The molecule has 0 radical (unpaired) electrons. The highest BCUT2D eigenvalue weighted by molar-refractivity contribution is 5.91. The van der Waals surface area contributed by atoms with Crippen LogP contribution in [0.3, 0.4) is 0 Å². The summed E-state index contributed by atoms with van der Waals surface area (Å²) >= 11 is 0. The first-order chi connectivity index (χ1) is 7.77. The van der Waals surface area contributed by atoms with Crippen molar-refractivity contribution in [3.8, 4) is 5.75 Å². The maximum Gasteiger partial charge on any atom is 0.240 e. The maximum absolute atomic E-state index is 11.5. The molecule has 2 aromatic rings. The van der Waals surface area contributed by atoms with Crippen molar-refractivity contribution in [2.75, 3.05) is 7.11 Å². The van der Waals surface area contributed by atoms with E-state index in [0.29, 0.717) is 11.1 Å². The van der Waals surface area contributed by atoms with Crippen LogP contribution >= 0.6 is 0 Å². The minimum Gasteiger partial charge on any atom is -0.494 e. The van der Waals surface area contributed by atoms with Gasteiger partial charge in [-0.3, -0.25) is 4.79 Å². The Hall–Kier alpha value is -2.39. The Balaban J connectivity index is 2.95. The molecule has 0 aliphatic rings. The number of aliphatic imine (C=N–C) groups is 1. The zero-order valence-corrected chi connectivity index (χ0v) is 8.39. The van der Waals surface area contributed by atoms with E-state index in [4.69, 9.17) is 9.15 Å². The Bertz CT molecular complexity index is 638. The van der Waals surface area contributed by atoms with Crippen LogP contribution in [-0.2, 0) is 4.79 Å². The number of hydrogen-bond donors (Lipinski definition) is 0. The van der Waals surface area contributed by atoms with E-state index >= 15 is 0 Å². The summed E-state index contributed by atoms with van der Waals surface area (Å²) < 4.78 is 10.2. The summed E-state index contributed by atoms with van der Waals surface area (Å²) in [5.74, 6) is 0.352. The molecule has 0 aliphatic heterocycles. The van der Waals surface area contributed by atoms with E-state index < -0.39 is 0 Å². The van der Waals surface area contributed by atoms with Crippen molar-refractivity contribution in [2.45, 2.75) is 0 Å². The molecule has 80 valence electrons. The van der Waals surface area contributed by atoms with Crippen LogP contribution in [-0.4, -0.2) is 13.2 Å². The fraction of sp³-hybridized carbons (Fsp3) is 0.0909. The van der Waals surface area contributed by atoms with Gasteiger partial charge in [0.2, 0.25) is 6.08 Å². The lowest BCUT2D eigenvalue weighted by Gasteiger charge is -2.04. The van der Waals surface area contributed by atoms with Gasteiger partial charge >= 0.3 is 0 Å². The summed E-state index contributed by atoms with van der Waals surface area (Å²) in [5, 5.41) is 0.345. The first-order valence-corrected chi connectivity index (χ1v) is 4.44. The molecule has 0 atom stereocenters. The quantitative estimate of drug-likeness (QED) is 0.567. The van der Waals surface area contributed by atoms with Crippen LogP contribution in [0.2, 0.25) is 0 Å². The number of nitrogens with zero attached hydrogens (tertiary/aromatic N) is 1. The van der Waals surface area contributed by atoms with E-state index in [1.54, 1.807) is 12.1 Å². The fourth-order valence-corrected chi connectivity index (χ4v) is 1.44. The lowest BCUT2D eigenvalue weighted by atomic mass is 10.2. The summed E-state index contributed by atoms with van der Waals surface area (Å²) in [6, 6.07) is 4.41. The fourth-order valence-electron chi connectivity index (χ4n) is 1.44. The van der Waals surface area contributed by atoms with Crippen LogP contribution < -0.4 is 10.2 Å². The van der Waals surface area contributed by atoms with E-state index in [9.17, 15) is 9.59 Å². The van der Waals surface area contributed by atoms with Crippen molar-refractivity contribution in [1.29, 1.82) is 0 Å². The van der Waals surface area contributed by atoms with Gasteiger partial charge in [0.1, 0.15) is 5.75 Å². The Morgan fingerprint density at radius 2 is 2.19 bits per heavy atom. The molecule has 0 saturated carbocycles. The maximum atomic E-state index is 11.5. The third kappa shape index (κ3) is 1.49. The summed E-state index contributed by atoms with van der Waals surface area (Å²) in [6.07, 6.45) is 2.65.